The lowest BCUT2D eigenvalue weighted by molar-refractivity contribution is 0.359. The lowest BCUT2D eigenvalue weighted by Crippen LogP contribution is -2.35. The molecule has 8 nitrogen and oxygen atoms in total. The standard InChI is InChI=1S/C27H36N8/c1-19-6-7-21(27(2,3)4)16-22(19)30-25-23-24(29-18-33(23)5)31-26(32-25)35-13-9-20(10-14-35)8-12-34-15-11-28-17-34/h6-7,11,15-18,20H,8-10,12-14H2,1-5H3,(H,30,31,32). The second-order valence-electron chi connectivity index (χ2n) is 10.8. The first-order valence-electron chi connectivity index (χ1n) is 12.6. The topological polar surface area (TPSA) is 76.7 Å². The smallest absolute Gasteiger partial charge is 0.229 e. The average Bonchev–Trinajstić information content (AvgIpc) is 3.49. The van der Waals surface area contributed by atoms with E-state index in [0.29, 0.717) is 5.92 Å². The highest BCUT2D eigenvalue weighted by molar-refractivity contribution is 5.87. The third kappa shape index (κ3) is 5.01. The molecule has 1 saturated heterocycles. The van der Waals surface area contributed by atoms with E-state index >= 15 is 0 Å². The van der Waals surface area contributed by atoms with Crippen LogP contribution in [0, 0.1) is 12.8 Å². The molecule has 1 aliphatic rings. The van der Waals surface area contributed by atoms with Crippen LogP contribution in [-0.2, 0) is 19.0 Å². The minimum Gasteiger partial charge on any atom is -0.341 e. The third-order valence-electron chi connectivity index (χ3n) is 7.17. The summed E-state index contributed by atoms with van der Waals surface area (Å²) in [6, 6.07) is 6.63. The number of aryl methyl sites for hydroxylation is 3. The molecule has 0 unspecified atom stereocenters. The average molecular weight is 473 g/mol. The maximum Gasteiger partial charge on any atom is 0.229 e. The molecule has 1 N–H and O–H groups in total. The first-order chi connectivity index (χ1) is 16.8. The normalized spacial score (nSPS) is 15.2. The minimum atomic E-state index is 0.0744. The minimum absolute atomic E-state index is 0.0744. The number of fused-ring (bicyclic) bond motifs is 1. The molecule has 0 saturated carbocycles. The van der Waals surface area contributed by atoms with Gasteiger partial charge in [0.15, 0.2) is 11.5 Å². The zero-order valence-electron chi connectivity index (χ0n) is 21.5. The van der Waals surface area contributed by atoms with Crippen molar-refractivity contribution in [2.24, 2.45) is 13.0 Å². The SMILES string of the molecule is Cc1ccc(C(C)(C)C)cc1Nc1nc(N2CCC(CCn3ccnc3)CC2)nc2ncn(C)c12. The van der Waals surface area contributed by atoms with E-state index in [-0.39, 0.29) is 5.41 Å². The molecule has 0 spiro atoms. The molecule has 184 valence electrons. The molecular formula is C27H36N8. The molecule has 3 aromatic heterocycles. The van der Waals surface area contributed by atoms with Crippen molar-refractivity contribution in [3.8, 4) is 0 Å². The van der Waals surface area contributed by atoms with Gasteiger partial charge in [0.2, 0.25) is 5.95 Å². The van der Waals surface area contributed by atoms with E-state index in [4.69, 9.17) is 9.97 Å². The Labute approximate surface area is 207 Å². The number of piperidine rings is 1. The Bertz CT molecular complexity index is 1290. The van der Waals surface area contributed by atoms with Crippen LogP contribution in [0.4, 0.5) is 17.5 Å². The van der Waals surface area contributed by atoms with Crippen molar-refractivity contribution >= 4 is 28.6 Å². The second kappa shape index (κ2) is 9.32. The molecule has 1 aromatic carbocycles. The highest BCUT2D eigenvalue weighted by atomic mass is 15.3. The molecular weight excluding hydrogens is 436 g/mol. The van der Waals surface area contributed by atoms with Gasteiger partial charge in [0.25, 0.3) is 0 Å². The van der Waals surface area contributed by atoms with Gasteiger partial charge >= 0.3 is 0 Å². The lowest BCUT2D eigenvalue weighted by atomic mass is 9.86. The van der Waals surface area contributed by atoms with Crippen molar-refractivity contribution in [3.63, 3.8) is 0 Å². The molecule has 1 aliphatic heterocycles. The second-order valence-corrected chi connectivity index (χ2v) is 10.8. The Morgan fingerprint density at radius 3 is 2.60 bits per heavy atom. The summed E-state index contributed by atoms with van der Waals surface area (Å²) in [5.41, 5.74) is 5.27. The Hall–Kier alpha value is -3.42. The van der Waals surface area contributed by atoms with Crippen molar-refractivity contribution in [3.05, 3.63) is 54.4 Å². The van der Waals surface area contributed by atoms with Crippen LogP contribution in [0.25, 0.3) is 11.2 Å². The van der Waals surface area contributed by atoms with Gasteiger partial charge in [0.05, 0.1) is 12.7 Å². The van der Waals surface area contributed by atoms with Crippen molar-refractivity contribution < 1.29 is 0 Å². The maximum atomic E-state index is 5.03. The fraction of sp³-hybridized carbons (Fsp3) is 0.481. The zero-order valence-corrected chi connectivity index (χ0v) is 21.5. The van der Waals surface area contributed by atoms with Crippen LogP contribution in [0.5, 0.6) is 0 Å². The highest BCUT2D eigenvalue weighted by Gasteiger charge is 2.23. The largest absolute Gasteiger partial charge is 0.341 e. The number of nitrogens with zero attached hydrogens (tertiary/aromatic N) is 7. The summed E-state index contributed by atoms with van der Waals surface area (Å²) in [5, 5.41) is 3.63. The fourth-order valence-electron chi connectivity index (χ4n) is 4.80. The Balaban J connectivity index is 1.37. The lowest BCUT2D eigenvalue weighted by Gasteiger charge is -2.32. The Kier molecular flexibility index (Phi) is 6.21. The number of hydrogen-bond donors (Lipinski definition) is 1. The number of imidazole rings is 2. The Morgan fingerprint density at radius 2 is 1.89 bits per heavy atom. The van der Waals surface area contributed by atoms with Gasteiger partial charge in [-0.1, -0.05) is 32.9 Å². The molecule has 1 fully saturated rings. The van der Waals surface area contributed by atoms with Gasteiger partial charge in [-0.3, -0.25) is 0 Å². The molecule has 0 bridgehead atoms. The first kappa shape index (κ1) is 23.3. The van der Waals surface area contributed by atoms with Crippen LogP contribution in [0.2, 0.25) is 0 Å². The van der Waals surface area contributed by atoms with Crippen molar-refractivity contribution in [2.45, 2.75) is 58.9 Å². The van der Waals surface area contributed by atoms with E-state index in [9.17, 15) is 0 Å². The van der Waals surface area contributed by atoms with Crippen molar-refractivity contribution in [2.75, 3.05) is 23.3 Å². The number of aromatic nitrogens is 6. The summed E-state index contributed by atoms with van der Waals surface area (Å²) in [4.78, 5) is 20.9. The summed E-state index contributed by atoms with van der Waals surface area (Å²) in [5.74, 6) is 2.28. The summed E-state index contributed by atoms with van der Waals surface area (Å²) in [6.45, 7) is 11.8. The molecule has 8 heteroatoms. The van der Waals surface area contributed by atoms with Crippen molar-refractivity contribution in [1.82, 2.24) is 29.1 Å². The van der Waals surface area contributed by atoms with Gasteiger partial charge < -0.3 is 19.4 Å². The van der Waals surface area contributed by atoms with E-state index in [0.717, 1.165) is 61.1 Å². The van der Waals surface area contributed by atoms with Crippen LogP contribution in [0.1, 0.15) is 51.2 Å². The van der Waals surface area contributed by atoms with E-state index in [1.807, 2.05) is 36.7 Å². The fourth-order valence-corrected chi connectivity index (χ4v) is 4.80. The van der Waals surface area contributed by atoms with Gasteiger partial charge in [-0.25, -0.2) is 9.97 Å². The van der Waals surface area contributed by atoms with Gasteiger partial charge in [0, 0.05) is 44.8 Å². The van der Waals surface area contributed by atoms with E-state index < -0.39 is 0 Å². The molecule has 4 aromatic rings. The quantitative estimate of drug-likeness (QED) is 0.415. The molecule has 4 heterocycles. The monoisotopic (exact) mass is 472 g/mol. The number of anilines is 3. The Morgan fingerprint density at radius 1 is 1.09 bits per heavy atom. The maximum absolute atomic E-state index is 5.03. The highest BCUT2D eigenvalue weighted by Crippen LogP contribution is 2.32. The van der Waals surface area contributed by atoms with Crippen LogP contribution in [-0.4, -0.2) is 42.2 Å². The molecule has 5 rings (SSSR count). The van der Waals surface area contributed by atoms with E-state index in [1.54, 1.807) is 0 Å². The molecule has 35 heavy (non-hydrogen) atoms. The number of benzene rings is 1. The predicted molar refractivity (Wildman–Crippen MR) is 141 cm³/mol. The molecule has 0 aliphatic carbocycles. The third-order valence-corrected chi connectivity index (χ3v) is 7.17. The number of rotatable bonds is 6. The number of nitrogens with one attached hydrogen (secondary N) is 1. The predicted octanol–water partition coefficient (Wildman–Crippen LogP) is 5.22. The molecule has 0 amide bonds. The summed E-state index contributed by atoms with van der Waals surface area (Å²) in [7, 11) is 1.99. The van der Waals surface area contributed by atoms with Gasteiger partial charge in [-0.15, -0.1) is 0 Å². The summed E-state index contributed by atoms with van der Waals surface area (Å²) >= 11 is 0. The van der Waals surface area contributed by atoms with Crippen LogP contribution in [0.3, 0.4) is 0 Å². The summed E-state index contributed by atoms with van der Waals surface area (Å²) in [6.07, 6.45) is 11.1. The van der Waals surface area contributed by atoms with Crippen LogP contribution >= 0.6 is 0 Å². The van der Waals surface area contributed by atoms with Crippen LogP contribution < -0.4 is 10.2 Å². The summed E-state index contributed by atoms with van der Waals surface area (Å²) < 4.78 is 4.16. The van der Waals surface area contributed by atoms with Crippen LogP contribution in [0.15, 0.2) is 43.2 Å². The number of hydrogen-bond acceptors (Lipinski definition) is 6. The van der Waals surface area contributed by atoms with Crippen molar-refractivity contribution in [1.29, 1.82) is 0 Å². The molecule has 0 radical (unpaired) electrons. The van der Waals surface area contributed by atoms with E-state index in [1.165, 1.54) is 17.5 Å². The van der Waals surface area contributed by atoms with Gasteiger partial charge in [0.1, 0.15) is 5.52 Å². The van der Waals surface area contributed by atoms with Gasteiger partial charge in [-0.2, -0.15) is 9.97 Å². The zero-order chi connectivity index (χ0) is 24.6. The molecule has 0 atom stereocenters. The van der Waals surface area contributed by atoms with E-state index in [2.05, 4.69) is 70.6 Å². The van der Waals surface area contributed by atoms with Gasteiger partial charge in [-0.05, 0) is 54.7 Å². The first-order valence-corrected chi connectivity index (χ1v) is 12.6.